The Hall–Kier alpha value is -1.44. The molecular weight excluding hydrogens is 278 g/mol. The highest BCUT2D eigenvalue weighted by molar-refractivity contribution is 7.91. The largest absolute Gasteiger partial charge is 0.384 e. The lowest BCUT2D eigenvalue weighted by atomic mass is 10.2. The van der Waals surface area contributed by atoms with Gasteiger partial charge in [0.15, 0.2) is 9.84 Å². The molecule has 110 valence electrons. The number of benzene rings is 1. The molecule has 3 N–H and O–H groups in total. The summed E-state index contributed by atoms with van der Waals surface area (Å²) < 4.78 is 29.7. The van der Waals surface area contributed by atoms with Gasteiger partial charge in [-0.05, 0) is 12.1 Å². The van der Waals surface area contributed by atoms with E-state index in [9.17, 15) is 8.42 Å². The van der Waals surface area contributed by atoms with Crippen LogP contribution in [0.1, 0.15) is 5.56 Å². The van der Waals surface area contributed by atoms with Crippen LogP contribution >= 0.6 is 0 Å². The second-order valence-electron chi connectivity index (χ2n) is 4.71. The maximum absolute atomic E-state index is 12.2. The lowest BCUT2D eigenvalue weighted by Crippen LogP contribution is -2.39. The average Bonchev–Trinajstić information content (AvgIpc) is 2.46. The van der Waals surface area contributed by atoms with Crippen molar-refractivity contribution in [3.05, 3.63) is 29.8 Å². The number of nitrogens with one attached hydrogen (secondary N) is 1. The molecule has 1 aromatic rings. The Morgan fingerprint density at radius 1 is 1.25 bits per heavy atom. The topological polar surface area (TPSA) is 96.5 Å². The van der Waals surface area contributed by atoms with Crippen LogP contribution in [0.15, 0.2) is 29.2 Å². The molecule has 0 aromatic heterocycles. The van der Waals surface area contributed by atoms with Crippen LogP contribution in [-0.4, -0.2) is 57.8 Å². The summed E-state index contributed by atoms with van der Waals surface area (Å²) in [5.41, 5.74) is 5.87. The van der Waals surface area contributed by atoms with Crippen molar-refractivity contribution in [2.45, 2.75) is 4.90 Å². The smallest absolute Gasteiger partial charge is 0.179 e. The molecular formula is C13H19N3O3S. The summed E-state index contributed by atoms with van der Waals surface area (Å²) in [4.78, 5) is 2.36. The number of amidine groups is 1. The van der Waals surface area contributed by atoms with Gasteiger partial charge >= 0.3 is 0 Å². The standard InChI is InChI=1S/C13H19N3O3S/c14-13(15)11-1-3-12(4-2-11)20(17,18)10-7-16-5-8-19-9-6-16/h1-4H,5-10H2,(H3,14,15). The zero-order valence-corrected chi connectivity index (χ0v) is 12.0. The first kappa shape index (κ1) is 15.0. The number of hydrogen-bond acceptors (Lipinski definition) is 5. The van der Waals surface area contributed by atoms with Gasteiger partial charge in [-0.1, -0.05) is 12.1 Å². The molecule has 1 aliphatic rings. The first-order valence-corrected chi connectivity index (χ1v) is 8.11. The maximum Gasteiger partial charge on any atom is 0.179 e. The van der Waals surface area contributed by atoms with E-state index in [1.807, 2.05) is 0 Å². The third-order valence-electron chi connectivity index (χ3n) is 3.30. The Morgan fingerprint density at radius 2 is 1.85 bits per heavy atom. The van der Waals surface area contributed by atoms with Crippen LogP contribution in [0.3, 0.4) is 0 Å². The Morgan fingerprint density at radius 3 is 2.40 bits per heavy atom. The summed E-state index contributed by atoms with van der Waals surface area (Å²) >= 11 is 0. The summed E-state index contributed by atoms with van der Waals surface area (Å²) in [5.74, 6) is 0.0224. The van der Waals surface area contributed by atoms with Crippen molar-refractivity contribution in [3.8, 4) is 0 Å². The minimum absolute atomic E-state index is 0.0673. The fraction of sp³-hybridized carbons (Fsp3) is 0.462. The van der Waals surface area contributed by atoms with Gasteiger partial charge in [-0.15, -0.1) is 0 Å². The number of nitrogens with two attached hydrogens (primary N) is 1. The Kier molecular flexibility index (Phi) is 4.74. The fourth-order valence-electron chi connectivity index (χ4n) is 2.03. The van der Waals surface area contributed by atoms with E-state index in [-0.39, 0.29) is 16.5 Å². The van der Waals surface area contributed by atoms with Gasteiger partial charge in [0.25, 0.3) is 0 Å². The minimum Gasteiger partial charge on any atom is -0.384 e. The predicted octanol–water partition coefficient (Wildman–Crippen LogP) is 0.0766. The van der Waals surface area contributed by atoms with E-state index in [4.69, 9.17) is 15.9 Å². The van der Waals surface area contributed by atoms with Crippen LogP contribution in [0, 0.1) is 5.41 Å². The third kappa shape index (κ3) is 3.78. The summed E-state index contributed by atoms with van der Waals surface area (Å²) in [7, 11) is -3.30. The van der Waals surface area contributed by atoms with E-state index in [1.54, 1.807) is 12.1 Å². The normalized spacial score (nSPS) is 17.0. The Bertz CT molecular complexity index is 563. The van der Waals surface area contributed by atoms with Crippen LogP contribution in [0.4, 0.5) is 0 Å². The molecule has 0 atom stereocenters. The molecule has 0 saturated carbocycles. The van der Waals surface area contributed by atoms with E-state index < -0.39 is 9.84 Å². The van der Waals surface area contributed by atoms with Crippen molar-refractivity contribution in [3.63, 3.8) is 0 Å². The van der Waals surface area contributed by atoms with Crippen LogP contribution in [0.25, 0.3) is 0 Å². The average molecular weight is 297 g/mol. The van der Waals surface area contributed by atoms with Gasteiger partial charge in [-0.3, -0.25) is 10.3 Å². The van der Waals surface area contributed by atoms with Gasteiger partial charge in [0.1, 0.15) is 5.84 Å². The van der Waals surface area contributed by atoms with Gasteiger partial charge in [-0.2, -0.15) is 0 Å². The summed E-state index contributed by atoms with van der Waals surface area (Å²) in [6, 6.07) is 6.13. The molecule has 1 saturated heterocycles. The van der Waals surface area contributed by atoms with Crippen LogP contribution in [0.5, 0.6) is 0 Å². The molecule has 1 aromatic carbocycles. The van der Waals surface area contributed by atoms with E-state index >= 15 is 0 Å². The molecule has 0 radical (unpaired) electrons. The Balaban J connectivity index is 2.00. The molecule has 0 amide bonds. The molecule has 7 heteroatoms. The molecule has 1 heterocycles. The third-order valence-corrected chi connectivity index (χ3v) is 5.01. The van der Waals surface area contributed by atoms with Crippen molar-refractivity contribution in [2.24, 2.45) is 5.73 Å². The van der Waals surface area contributed by atoms with Crippen molar-refractivity contribution in [1.82, 2.24) is 4.90 Å². The van der Waals surface area contributed by atoms with Gasteiger partial charge in [0.2, 0.25) is 0 Å². The molecule has 0 aliphatic carbocycles. The van der Waals surface area contributed by atoms with E-state index in [0.717, 1.165) is 13.1 Å². The molecule has 6 nitrogen and oxygen atoms in total. The number of ether oxygens (including phenoxy) is 1. The van der Waals surface area contributed by atoms with Crippen LogP contribution in [0.2, 0.25) is 0 Å². The van der Waals surface area contributed by atoms with Crippen molar-refractivity contribution < 1.29 is 13.2 Å². The number of sulfone groups is 1. The van der Waals surface area contributed by atoms with Crippen LogP contribution in [-0.2, 0) is 14.6 Å². The minimum atomic E-state index is -3.30. The molecule has 0 spiro atoms. The van der Waals surface area contributed by atoms with Crippen molar-refractivity contribution in [2.75, 3.05) is 38.6 Å². The van der Waals surface area contributed by atoms with Gasteiger partial charge in [0, 0.05) is 25.2 Å². The number of rotatable bonds is 5. The van der Waals surface area contributed by atoms with Crippen molar-refractivity contribution >= 4 is 15.7 Å². The monoisotopic (exact) mass is 297 g/mol. The van der Waals surface area contributed by atoms with Crippen molar-refractivity contribution in [1.29, 1.82) is 5.41 Å². The molecule has 1 aliphatic heterocycles. The number of nitrogen functional groups attached to an aromatic ring is 1. The highest BCUT2D eigenvalue weighted by atomic mass is 32.2. The van der Waals surface area contributed by atoms with E-state index in [0.29, 0.717) is 25.3 Å². The van der Waals surface area contributed by atoms with Gasteiger partial charge in [0.05, 0.1) is 23.9 Å². The first-order chi connectivity index (χ1) is 9.49. The Labute approximate surface area is 119 Å². The lowest BCUT2D eigenvalue weighted by Gasteiger charge is -2.26. The van der Waals surface area contributed by atoms with Crippen LogP contribution < -0.4 is 5.73 Å². The van der Waals surface area contributed by atoms with Gasteiger partial charge < -0.3 is 10.5 Å². The molecule has 20 heavy (non-hydrogen) atoms. The molecule has 0 unspecified atom stereocenters. The SMILES string of the molecule is N=C(N)c1ccc(S(=O)(=O)CCN2CCOCC2)cc1. The predicted molar refractivity (Wildman–Crippen MR) is 76.8 cm³/mol. The zero-order chi connectivity index (χ0) is 14.6. The number of hydrogen-bond donors (Lipinski definition) is 2. The number of morpholine rings is 1. The lowest BCUT2D eigenvalue weighted by molar-refractivity contribution is 0.0408. The molecule has 1 fully saturated rings. The second kappa shape index (κ2) is 6.34. The maximum atomic E-state index is 12.2. The summed E-state index contributed by atoms with van der Waals surface area (Å²) in [6.45, 7) is 3.39. The summed E-state index contributed by atoms with van der Waals surface area (Å²) in [5, 5.41) is 7.29. The summed E-state index contributed by atoms with van der Waals surface area (Å²) in [6.07, 6.45) is 0. The highest BCUT2D eigenvalue weighted by Crippen LogP contribution is 2.13. The molecule has 0 bridgehead atoms. The molecule has 2 rings (SSSR count). The zero-order valence-electron chi connectivity index (χ0n) is 11.2. The van der Waals surface area contributed by atoms with E-state index in [1.165, 1.54) is 12.1 Å². The second-order valence-corrected chi connectivity index (χ2v) is 6.82. The fourth-order valence-corrected chi connectivity index (χ4v) is 3.32. The van der Waals surface area contributed by atoms with Gasteiger partial charge in [-0.25, -0.2) is 8.42 Å². The quantitative estimate of drug-likeness (QED) is 0.592. The highest BCUT2D eigenvalue weighted by Gasteiger charge is 2.18. The van der Waals surface area contributed by atoms with E-state index in [2.05, 4.69) is 4.90 Å². The number of nitrogens with zero attached hydrogens (tertiary/aromatic N) is 1. The first-order valence-electron chi connectivity index (χ1n) is 6.46.